The Balaban J connectivity index is 2.01. The van der Waals surface area contributed by atoms with Crippen LogP contribution in [0.1, 0.15) is 34.5 Å². The van der Waals surface area contributed by atoms with Crippen molar-refractivity contribution in [1.29, 1.82) is 0 Å². The number of rotatable bonds is 8. The Labute approximate surface area is 146 Å². The highest BCUT2D eigenvalue weighted by molar-refractivity contribution is 7.98. The van der Waals surface area contributed by atoms with Crippen LogP contribution < -0.4 is 5.32 Å². The molecule has 0 bridgehead atoms. The summed E-state index contributed by atoms with van der Waals surface area (Å²) in [6, 6.07) is 9.95. The minimum absolute atomic E-state index is 0.327. The van der Waals surface area contributed by atoms with E-state index in [0.29, 0.717) is 11.1 Å². The summed E-state index contributed by atoms with van der Waals surface area (Å²) >= 11 is 1.82. The number of pyridine rings is 1. The highest BCUT2D eigenvalue weighted by Gasteiger charge is 2.22. The lowest BCUT2D eigenvalue weighted by Gasteiger charge is -2.22. The molecule has 0 saturated heterocycles. The number of amides is 1. The fourth-order valence-electron chi connectivity index (χ4n) is 2.23. The molecule has 1 aromatic heterocycles. The van der Waals surface area contributed by atoms with Crippen LogP contribution >= 0.6 is 11.8 Å². The number of carbonyl (C=O) groups excluding carboxylic acids is 1. The lowest BCUT2D eigenvalue weighted by molar-refractivity contribution is 0.0702. The van der Waals surface area contributed by atoms with Gasteiger partial charge in [0, 0.05) is 29.3 Å². The number of hydrogen-bond donors (Lipinski definition) is 3. The molecule has 0 fully saturated rings. The monoisotopic (exact) mass is 346 g/mol. The molecule has 1 heterocycles. The Morgan fingerprint density at radius 3 is 2.62 bits per heavy atom. The van der Waals surface area contributed by atoms with Gasteiger partial charge >= 0.3 is 0 Å². The SMILES string of the molecule is CCSCc1ccc(C(=O)NC(CO)C(O)c2cccnc2)cc1. The van der Waals surface area contributed by atoms with Crippen molar-refractivity contribution in [1.82, 2.24) is 10.3 Å². The van der Waals surface area contributed by atoms with E-state index in [1.54, 1.807) is 30.5 Å². The van der Waals surface area contributed by atoms with Crippen LogP contribution in [-0.4, -0.2) is 39.5 Å². The first-order valence-corrected chi connectivity index (χ1v) is 8.97. The lowest BCUT2D eigenvalue weighted by Crippen LogP contribution is -2.42. The Morgan fingerprint density at radius 2 is 2.04 bits per heavy atom. The van der Waals surface area contributed by atoms with Crippen molar-refractivity contribution in [2.45, 2.75) is 24.8 Å². The van der Waals surface area contributed by atoms with Crippen LogP contribution in [0.25, 0.3) is 0 Å². The van der Waals surface area contributed by atoms with Gasteiger partial charge in [-0.15, -0.1) is 0 Å². The Kier molecular flexibility index (Phi) is 7.24. The molecule has 2 atom stereocenters. The van der Waals surface area contributed by atoms with E-state index in [9.17, 15) is 15.0 Å². The number of carbonyl (C=O) groups is 1. The minimum Gasteiger partial charge on any atom is -0.394 e. The van der Waals surface area contributed by atoms with Gasteiger partial charge in [0.1, 0.15) is 6.10 Å². The average Bonchev–Trinajstić information content (AvgIpc) is 2.64. The maximum absolute atomic E-state index is 12.3. The van der Waals surface area contributed by atoms with Crippen molar-refractivity contribution in [3.63, 3.8) is 0 Å². The van der Waals surface area contributed by atoms with E-state index < -0.39 is 12.1 Å². The minimum atomic E-state index is -1.02. The molecular weight excluding hydrogens is 324 g/mol. The Hall–Kier alpha value is -1.89. The molecule has 3 N–H and O–H groups in total. The number of benzene rings is 1. The first-order chi connectivity index (χ1) is 11.7. The van der Waals surface area contributed by atoms with Gasteiger partial charge in [0.2, 0.25) is 0 Å². The molecule has 0 spiro atoms. The molecule has 2 aromatic rings. The number of aromatic nitrogens is 1. The summed E-state index contributed by atoms with van der Waals surface area (Å²) in [5.74, 6) is 1.64. The van der Waals surface area contributed by atoms with Gasteiger partial charge in [-0.25, -0.2) is 0 Å². The summed E-state index contributed by atoms with van der Waals surface area (Å²) in [7, 11) is 0. The number of nitrogens with one attached hydrogen (secondary N) is 1. The van der Waals surface area contributed by atoms with Gasteiger partial charge in [-0.05, 0) is 29.5 Å². The third-order valence-electron chi connectivity index (χ3n) is 3.61. The second kappa shape index (κ2) is 9.42. The summed E-state index contributed by atoms with van der Waals surface area (Å²) in [5.41, 5.74) is 2.20. The van der Waals surface area contributed by atoms with E-state index in [1.807, 2.05) is 23.9 Å². The zero-order valence-electron chi connectivity index (χ0n) is 13.6. The van der Waals surface area contributed by atoms with Crippen molar-refractivity contribution >= 4 is 17.7 Å². The van der Waals surface area contributed by atoms with Crippen LogP contribution in [0.5, 0.6) is 0 Å². The first-order valence-electron chi connectivity index (χ1n) is 7.82. The van der Waals surface area contributed by atoms with Gasteiger partial charge in [0.25, 0.3) is 5.91 Å². The summed E-state index contributed by atoms with van der Waals surface area (Å²) in [6.45, 7) is 1.74. The standard InChI is InChI=1S/C18H22N2O3S/c1-2-24-12-13-5-7-14(8-6-13)18(23)20-16(11-21)17(22)15-4-3-9-19-10-15/h3-10,16-17,21-22H,2,11-12H2,1H3,(H,20,23). The van der Waals surface area contributed by atoms with Crippen molar-refractivity contribution in [3.8, 4) is 0 Å². The molecule has 1 amide bonds. The number of aliphatic hydroxyl groups is 2. The second-order valence-corrected chi connectivity index (χ2v) is 6.60. The number of aliphatic hydroxyl groups excluding tert-OH is 2. The molecule has 1 aromatic carbocycles. The molecule has 0 saturated carbocycles. The second-order valence-electron chi connectivity index (χ2n) is 5.33. The summed E-state index contributed by atoms with van der Waals surface area (Å²) < 4.78 is 0. The quantitative estimate of drug-likeness (QED) is 0.682. The van der Waals surface area contributed by atoms with E-state index in [2.05, 4.69) is 17.2 Å². The van der Waals surface area contributed by atoms with E-state index in [0.717, 1.165) is 17.1 Å². The zero-order chi connectivity index (χ0) is 17.4. The smallest absolute Gasteiger partial charge is 0.251 e. The van der Waals surface area contributed by atoms with Gasteiger partial charge < -0.3 is 15.5 Å². The van der Waals surface area contributed by atoms with Crippen molar-refractivity contribution < 1.29 is 15.0 Å². The molecule has 0 aliphatic rings. The first kappa shape index (κ1) is 18.4. The number of hydrogen-bond acceptors (Lipinski definition) is 5. The fourth-order valence-corrected chi connectivity index (χ4v) is 2.86. The molecule has 2 unspecified atom stereocenters. The molecule has 6 heteroatoms. The van der Waals surface area contributed by atoms with Gasteiger partial charge in [-0.2, -0.15) is 11.8 Å². The molecule has 2 rings (SSSR count). The zero-order valence-corrected chi connectivity index (χ0v) is 14.4. The summed E-state index contributed by atoms with van der Waals surface area (Å²) in [4.78, 5) is 16.3. The number of thioether (sulfide) groups is 1. The van der Waals surface area contributed by atoms with Gasteiger partial charge in [0.05, 0.1) is 12.6 Å². The van der Waals surface area contributed by atoms with Crippen molar-refractivity contribution in [2.24, 2.45) is 0 Å². The van der Waals surface area contributed by atoms with E-state index >= 15 is 0 Å². The van der Waals surface area contributed by atoms with Crippen molar-refractivity contribution in [2.75, 3.05) is 12.4 Å². The normalized spacial score (nSPS) is 13.3. The predicted octanol–water partition coefficient (Wildman–Crippen LogP) is 2.16. The van der Waals surface area contributed by atoms with Crippen LogP contribution in [0.15, 0.2) is 48.8 Å². The fraction of sp³-hybridized carbons (Fsp3) is 0.333. The highest BCUT2D eigenvalue weighted by atomic mass is 32.2. The van der Waals surface area contributed by atoms with E-state index in [1.165, 1.54) is 6.20 Å². The molecule has 0 aliphatic carbocycles. The molecule has 24 heavy (non-hydrogen) atoms. The van der Waals surface area contributed by atoms with Crippen LogP contribution in [0.2, 0.25) is 0 Å². The Morgan fingerprint density at radius 1 is 1.29 bits per heavy atom. The van der Waals surface area contributed by atoms with Gasteiger partial charge in [-0.1, -0.05) is 25.1 Å². The van der Waals surface area contributed by atoms with E-state index in [-0.39, 0.29) is 12.5 Å². The third kappa shape index (κ3) is 5.06. The molecule has 0 radical (unpaired) electrons. The molecular formula is C18H22N2O3S. The summed E-state index contributed by atoms with van der Waals surface area (Å²) in [6.07, 6.45) is 2.09. The van der Waals surface area contributed by atoms with Crippen molar-refractivity contribution in [3.05, 3.63) is 65.5 Å². The molecule has 0 aliphatic heterocycles. The highest BCUT2D eigenvalue weighted by Crippen LogP contribution is 2.17. The average molecular weight is 346 g/mol. The van der Waals surface area contributed by atoms with Crippen LogP contribution in [-0.2, 0) is 5.75 Å². The van der Waals surface area contributed by atoms with Crippen LogP contribution in [0, 0.1) is 0 Å². The van der Waals surface area contributed by atoms with Gasteiger partial charge in [0.15, 0.2) is 0 Å². The van der Waals surface area contributed by atoms with Gasteiger partial charge in [-0.3, -0.25) is 9.78 Å². The summed E-state index contributed by atoms with van der Waals surface area (Å²) in [5, 5.41) is 22.5. The largest absolute Gasteiger partial charge is 0.394 e. The topological polar surface area (TPSA) is 82.5 Å². The maximum Gasteiger partial charge on any atom is 0.251 e. The van der Waals surface area contributed by atoms with E-state index in [4.69, 9.17) is 0 Å². The van der Waals surface area contributed by atoms with Crippen LogP contribution in [0.3, 0.4) is 0 Å². The molecule has 128 valence electrons. The molecule has 5 nitrogen and oxygen atoms in total. The van der Waals surface area contributed by atoms with Crippen LogP contribution in [0.4, 0.5) is 0 Å². The predicted molar refractivity (Wildman–Crippen MR) is 95.8 cm³/mol. The lowest BCUT2D eigenvalue weighted by atomic mass is 10.0. The number of nitrogens with zero attached hydrogens (tertiary/aromatic N) is 1. The Bertz CT molecular complexity index is 634. The third-order valence-corrected chi connectivity index (χ3v) is 4.55. The maximum atomic E-state index is 12.3.